The fraction of sp³-hybridized carbons (Fsp3) is 0.409. The Hall–Kier alpha value is -2.46. The van der Waals surface area contributed by atoms with Gasteiger partial charge in [0.25, 0.3) is 5.91 Å². The highest BCUT2D eigenvalue weighted by Crippen LogP contribution is 2.18. The van der Waals surface area contributed by atoms with Crippen molar-refractivity contribution in [3.05, 3.63) is 65.2 Å². The molecule has 1 fully saturated rings. The molecule has 0 unspecified atom stereocenters. The molecule has 0 bridgehead atoms. The van der Waals surface area contributed by atoms with Gasteiger partial charge in [0.05, 0.1) is 18.9 Å². The van der Waals surface area contributed by atoms with Gasteiger partial charge in [-0.05, 0) is 35.4 Å². The van der Waals surface area contributed by atoms with Crippen LogP contribution in [-0.2, 0) is 28.0 Å². The van der Waals surface area contributed by atoms with Crippen LogP contribution in [0.2, 0.25) is 0 Å². The second-order valence-corrected chi connectivity index (χ2v) is 9.87. The molecule has 1 aliphatic rings. The van der Waals surface area contributed by atoms with Gasteiger partial charge in [0.1, 0.15) is 0 Å². The molecule has 0 saturated carbocycles. The van der Waals surface area contributed by atoms with Crippen molar-refractivity contribution in [1.29, 1.82) is 0 Å². The molecule has 0 atom stereocenters. The quantitative estimate of drug-likeness (QED) is 0.667. The number of benzene rings is 2. The first-order valence-electron chi connectivity index (χ1n) is 10.2. The summed E-state index contributed by atoms with van der Waals surface area (Å²) in [4.78, 5) is 14.9. The first-order chi connectivity index (χ1) is 14.8. The van der Waals surface area contributed by atoms with Crippen LogP contribution in [0.3, 0.4) is 0 Å². The fourth-order valence-electron chi connectivity index (χ4n) is 3.34. The Labute approximate surface area is 184 Å². The van der Waals surface area contributed by atoms with E-state index >= 15 is 0 Å². The Morgan fingerprint density at radius 2 is 1.68 bits per heavy atom. The minimum atomic E-state index is -3.57. The molecule has 1 amide bonds. The molecule has 8 nitrogen and oxygen atoms in total. The number of morpholine rings is 1. The summed E-state index contributed by atoms with van der Waals surface area (Å²) in [5.41, 5.74) is 3.21. The number of rotatable bonds is 8. The lowest BCUT2D eigenvalue weighted by Crippen LogP contribution is -2.37. The fourth-order valence-corrected chi connectivity index (χ4v) is 4.22. The molecule has 9 heteroatoms. The lowest BCUT2D eigenvalue weighted by molar-refractivity contribution is 0.0342. The normalized spacial score (nSPS) is 15.1. The SMILES string of the molecule is CN(C)S(=O)(=O)N(C)c1ccc(C(=O)NCc2cccc(CN3CCOCC3)c2)cc1. The number of anilines is 1. The summed E-state index contributed by atoms with van der Waals surface area (Å²) in [5.74, 6) is -0.205. The highest BCUT2D eigenvalue weighted by atomic mass is 32.2. The maximum Gasteiger partial charge on any atom is 0.303 e. The highest BCUT2D eigenvalue weighted by molar-refractivity contribution is 7.90. The van der Waals surface area contributed by atoms with Crippen molar-refractivity contribution in [2.24, 2.45) is 0 Å². The Balaban J connectivity index is 1.58. The lowest BCUT2D eigenvalue weighted by atomic mass is 10.1. The van der Waals surface area contributed by atoms with Crippen LogP contribution in [0.25, 0.3) is 0 Å². The van der Waals surface area contributed by atoms with E-state index in [0.29, 0.717) is 17.8 Å². The van der Waals surface area contributed by atoms with E-state index in [1.54, 1.807) is 24.3 Å². The highest BCUT2D eigenvalue weighted by Gasteiger charge is 2.21. The second-order valence-electron chi connectivity index (χ2n) is 7.70. The zero-order valence-corrected chi connectivity index (χ0v) is 19.1. The van der Waals surface area contributed by atoms with Gasteiger partial charge in [-0.2, -0.15) is 12.7 Å². The standard InChI is InChI=1S/C22H30N4O4S/c1-24(2)31(28,29)25(3)21-9-7-20(8-10-21)22(27)23-16-18-5-4-6-19(15-18)17-26-11-13-30-14-12-26/h4-10,15H,11-14,16-17H2,1-3H3,(H,23,27). The summed E-state index contributed by atoms with van der Waals surface area (Å²) in [6.45, 7) is 4.70. The van der Waals surface area contributed by atoms with E-state index < -0.39 is 10.2 Å². The van der Waals surface area contributed by atoms with Gasteiger partial charge in [0, 0.05) is 52.9 Å². The predicted octanol–water partition coefficient (Wildman–Crippen LogP) is 1.69. The third kappa shape index (κ3) is 6.04. The largest absolute Gasteiger partial charge is 0.379 e. The Kier molecular flexibility index (Phi) is 7.66. The molecule has 0 spiro atoms. The Bertz CT molecular complexity index is 987. The molecular formula is C22H30N4O4S. The van der Waals surface area contributed by atoms with Crippen molar-refractivity contribution in [2.45, 2.75) is 13.1 Å². The van der Waals surface area contributed by atoms with E-state index in [2.05, 4.69) is 22.3 Å². The zero-order valence-electron chi connectivity index (χ0n) is 18.2. The van der Waals surface area contributed by atoms with Crippen LogP contribution in [0.5, 0.6) is 0 Å². The van der Waals surface area contributed by atoms with Crippen LogP contribution in [0, 0.1) is 0 Å². The van der Waals surface area contributed by atoms with Crippen LogP contribution < -0.4 is 9.62 Å². The number of nitrogens with one attached hydrogen (secondary N) is 1. The number of hydrogen-bond acceptors (Lipinski definition) is 5. The number of amides is 1. The van der Waals surface area contributed by atoms with Gasteiger partial charge in [-0.25, -0.2) is 0 Å². The number of hydrogen-bond donors (Lipinski definition) is 1. The zero-order chi connectivity index (χ0) is 22.4. The summed E-state index contributed by atoms with van der Waals surface area (Å²) >= 11 is 0. The third-order valence-corrected chi connectivity index (χ3v) is 7.08. The van der Waals surface area contributed by atoms with Crippen LogP contribution in [0.1, 0.15) is 21.5 Å². The monoisotopic (exact) mass is 446 g/mol. The minimum absolute atomic E-state index is 0.205. The van der Waals surface area contributed by atoms with E-state index in [-0.39, 0.29) is 5.91 Å². The smallest absolute Gasteiger partial charge is 0.303 e. The van der Waals surface area contributed by atoms with Crippen molar-refractivity contribution in [2.75, 3.05) is 51.8 Å². The Morgan fingerprint density at radius 1 is 1.03 bits per heavy atom. The second kappa shape index (κ2) is 10.2. The van der Waals surface area contributed by atoms with Gasteiger partial charge in [-0.3, -0.25) is 14.0 Å². The van der Waals surface area contributed by atoms with Crippen LogP contribution in [-0.4, -0.2) is 71.0 Å². The van der Waals surface area contributed by atoms with E-state index in [0.717, 1.165) is 42.7 Å². The minimum Gasteiger partial charge on any atom is -0.379 e. The number of carbonyl (C=O) groups excluding carboxylic acids is 1. The summed E-state index contributed by atoms with van der Waals surface area (Å²) in [5, 5.41) is 2.93. The molecule has 168 valence electrons. The number of ether oxygens (including phenoxy) is 1. The van der Waals surface area contributed by atoms with Crippen LogP contribution >= 0.6 is 0 Å². The lowest BCUT2D eigenvalue weighted by Gasteiger charge is -2.26. The number of nitrogens with zero attached hydrogens (tertiary/aromatic N) is 3. The summed E-state index contributed by atoms with van der Waals surface area (Å²) in [7, 11) is 0.864. The van der Waals surface area contributed by atoms with Gasteiger partial charge < -0.3 is 10.1 Å². The molecule has 0 aromatic heterocycles. The third-order valence-electron chi connectivity index (χ3n) is 5.25. The van der Waals surface area contributed by atoms with E-state index in [9.17, 15) is 13.2 Å². The summed E-state index contributed by atoms with van der Waals surface area (Å²) in [6, 6.07) is 14.7. The number of carbonyl (C=O) groups is 1. The maximum atomic E-state index is 12.5. The average molecular weight is 447 g/mol. The molecule has 1 N–H and O–H groups in total. The molecule has 2 aromatic rings. The van der Waals surface area contributed by atoms with Crippen molar-refractivity contribution in [3.8, 4) is 0 Å². The molecule has 1 aliphatic heterocycles. The molecule has 2 aromatic carbocycles. The van der Waals surface area contributed by atoms with Gasteiger partial charge in [-0.1, -0.05) is 24.3 Å². The van der Waals surface area contributed by atoms with E-state index in [1.807, 2.05) is 12.1 Å². The first kappa shape index (κ1) is 23.2. The molecule has 1 heterocycles. The molecule has 0 radical (unpaired) electrons. The van der Waals surface area contributed by atoms with E-state index in [1.165, 1.54) is 31.0 Å². The van der Waals surface area contributed by atoms with Gasteiger partial charge in [0.2, 0.25) is 0 Å². The van der Waals surface area contributed by atoms with Crippen LogP contribution in [0.4, 0.5) is 5.69 Å². The summed E-state index contributed by atoms with van der Waals surface area (Å²) in [6.07, 6.45) is 0. The van der Waals surface area contributed by atoms with Crippen molar-refractivity contribution < 1.29 is 17.9 Å². The van der Waals surface area contributed by atoms with Gasteiger partial charge in [-0.15, -0.1) is 0 Å². The van der Waals surface area contributed by atoms with Crippen molar-refractivity contribution >= 4 is 21.8 Å². The first-order valence-corrected chi connectivity index (χ1v) is 11.6. The predicted molar refractivity (Wildman–Crippen MR) is 121 cm³/mol. The van der Waals surface area contributed by atoms with Gasteiger partial charge in [0.15, 0.2) is 0 Å². The van der Waals surface area contributed by atoms with Crippen molar-refractivity contribution in [3.63, 3.8) is 0 Å². The van der Waals surface area contributed by atoms with E-state index in [4.69, 9.17) is 4.74 Å². The van der Waals surface area contributed by atoms with Crippen LogP contribution in [0.15, 0.2) is 48.5 Å². The maximum absolute atomic E-state index is 12.5. The topological polar surface area (TPSA) is 82.2 Å². The molecule has 1 saturated heterocycles. The summed E-state index contributed by atoms with van der Waals surface area (Å²) < 4.78 is 32.2. The average Bonchev–Trinajstić information content (AvgIpc) is 2.78. The molecule has 3 rings (SSSR count). The molecular weight excluding hydrogens is 416 g/mol. The molecule has 31 heavy (non-hydrogen) atoms. The van der Waals surface area contributed by atoms with Crippen molar-refractivity contribution in [1.82, 2.24) is 14.5 Å². The Morgan fingerprint density at radius 3 is 2.32 bits per heavy atom. The molecule has 0 aliphatic carbocycles. The van der Waals surface area contributed by atoms with Gasteiger partial charge >= 0.3 is 10.2 Å².